The molecule has 1 heterocycles. The van der Waals surface area contributed by atoms with Gasteiger partial charge in [-0.15, -0.1) is 0 Å². The smallest absolute Gasteiger partial charge is 0.373 e. The Morgan fingerprint density at radius 3 is 2.65 bits per heavy atom. The van der Waals surface area contributed by atoms with Crippen LogP contribution in [-0.4, -0.2) is 24.8 Å². The average molecular weight is 275 g/mol. The van der Waals surface area contributed by atoms with Crippen molar-refractivity contribution in [3.05, 3.63) is 53.5 Å². The fourth-order valence-corrected chi connectivity index (χ4v) is 1.79. The van der Waals surface area contributed by atoms with Crippen LogP contribution in [0.5, 0.6) is 0 Å². The molecule has 0 spiro atoms. The largest absolute Gasteiger partial charge is 0.463 e. The van der Waals surface area contributed by atoms with Crippen LogP contribution < -0.4 is 5.32 Å². The zero-order chi connectivity index (χ0) is 14.4. The molecule has 20 heavy (non-hydrogen) atoms. The van der Waals surface area contributed by atoms with E-state index in [4.69, 9.17) is 9.52 Å². The molecule has 0 amide bonds. The van der Waals surface area contributed by atoms with Gasteiger partial charge in [0.1, 0.15) is 5.76 Å². The molecule has 0 unspecified atom stereocenters. The first-order valence-corrected chi connectivity index (χ1v) is 6.33. The second kappa shape index (κ2) is 6.77. The van der Waals surface area contributed by atoms with Crippen molar-refractivity contribution in [3.63, 3.8) is 0 Å². The van der Waals surface area contributed by atoms with Gasteiger partial charge in [0, 0.05) is 12.3 Å². The summed E-state index contributed by atoms with van der Waals surface area (Å²) in [4.78, 5) is 11.2. The summed E-state index contributed by atoms with van der Waals surface area (Å²) >= 11 is 0. The maximum atomic E-state index is 11.2. The predicted molar refractivity (Wildman–Crippen MR) is 74.6 cm³/mol. The highest BCUT2D eigenvalue weighted by Crippen LogP contribution is 2.14. The van der Waals surface area contributed by atoms with Gasteiger partial charge < -0.3 is 19.6 Å². The Labute approximate surface area is 117 Å². The molecule has 5 nitrogen and oxygen atoms in total. The van der Waals surface area contributed by atoms with Gasteiger partial charge in [-0.05, 0) is 36.2 Å². The molecule has 1 aromatic heterocycles. The first-order valence-electron chi connectivity index (χ1n) is 6.33. The third-order valence-corrected chi connectivity index (χ3v) is 2.87. The van der Waals surface area contributed by atoms with Gasteiger partial charge in [0.15, 0.2) is 0 Å². The van der Waals surface area contributed by atoms with Crippen LogP contribution in [0, 0.1) is 0 Å². The van der Waals surface area contributed by atoms with E-state index in [1.807, 2.05) is 24.3 Å². The second-order valence-electron chi connectivity index (χ2n) is 4.28. The zero-order valence-corrected chi connectivity index (χ0v) is 11.3. The quantitative estimate of drug-likeness (QED) is 0.791. The Morgan fingerprint density at radius 1 is 1.25 bits per heavy atom. The van der Waals surface area contributed by atoms with Gasteiger partial charge in [-0.3, -0.25) is 0 Å². The monoisotopic (exact) mass is 275 g/mol. The van der Waals surface area contributed by atoms with Crippen molar-refractivity contribution >= 4 is 11.7 Å². The molecule has 5 heteroatoms. The normalized spacial score (nSPS) is 10.3. The van der Waals surface area contributed by atoms with Gasteiger partial charge >= 0.3 is 5.97 Å². The average Bonchev–Trinajstić information content (AvgIpc) is 2.95. The number of esters is 1. The molecule has 0 fully saturated rings. The van der Waals surface area contributed by atoms with Crippen molar-refractivity contribution in [2.45, 2.75) is 13.0 Å². The van der Waals surface area contributed by atoms with Crippen molar-refractivity contribution in [1.82, 2.24) is 0 Å². The summed E-state index contributed by atoms with van der Waals surface area (Å²) in [6, 6.07) is 11.1. The van der Waals surface area contributed by atoms with Crippen molar-refractivity contribution in [3.8, 4) is 0 Å². The minimum Gasteiger partial charge on any atom is -0.463 e. The van der Waals surface area contributed by atoms with Crippen LogP contribution in [0.2, 0.25) is 0 Å². The van der Waals surface area contributed by atoms with Crippen molar-refractivity contribution in [2.24, 2.45) is 0 Å². The number of rotatable bonds is 6. The molecule has 2 N–H and O–H groups in total. The number of hydrogen-bond donors (Lipinski definition) is 2. The van der Waals surface area contributed by atoms with Crippen LogP contribution >= 0.6 is 0 Å². The Balaban J connectivity index is 1.91. The number of aliphatic hydroxyl groups excluding tert-OH is 1. The molecule has 0 radical (unpaired) electrons. The SMILES string of the molecule is COC(=O)c1ccc(CNc2ccc(CCO)cc2)o1. The lowest BCUT2D eigenvalue weighted by Gasteiger charge is -2.05. The molecule has 0 atom stereocenters. The lowest BCUT2D eigenvalue weighted by molar-refractivity contribution is 0.0563. The van der Waals surface area contributed by atoms with Gasteiger partial charge in [-0.1, -0.05) is 12.1 Å². The summed E-state index contributed by atoms with van der Waals surface area (Å²) in [5, 5.41) is 12.0. The topological polar surface area (TPSA) is 71.7 Å². The fourth-order valence-electron chi connectivity index (χ4n) is 1.79. The molecular formula is C15H17NO4. The number of benzene rings is 1. The van der Waals surface area contributed by atoms with E-state index >= 15 is 0 Å². The molecular weight excluding hydrogens is 258 g/mol. The molecule has 1 aromatic carbocycles. The number of furan rings is 1. The Morgan fingerprint density at radius 2 is 2.00 bits per heavy atom. The third-order valence-electron chi connectivity index (χ3n) is 2.87. The molecule has 0 aliphatic heterocycles. The van der Waals surface area contributed by atoms with E-state index in [1.54, 1.807) is 12.1 Å². The molecule has 106 valence electrons. The van der Waals surface area contributed by atoms with Crippen molar-refractivity contribution < 1.29 is 19.1 Å². The van der Waals surface area contributed by atoms with Crippen LogP contribution in [0.3, 0.4) is 0 Å². The van der Waals surface area contributed by atoms with E-state index in [0.29, 0.717) is 18.7 Å². The highest BCUT2D eigenvalue weighted by Gasteiger charge is 2.10. The van der Waals surface area contributed by atoms with Gasteiger partial charge in [-0.25, -0.2) is 4.79 Å². The zero-order valence-electron chi connectivity index (χ0n) is 11.3. The Bertz CT molecular complexity index is 560. The number of ether oxygens (including phenoxy) is 1. The number of methoxy groups -OCH3 is 1. The van der Waals surface area contributed by atoms with E-state index in [9.17, 15) is 4.79 Å². The summed E-state index contributed by atoms with van der Waals surface area (Å²) < 4.78 is 9.93. The number of hydrogen-bond acceptors (Lipinski definition) is 5. The Hall–Kier alpha value is -2.27. The molecule has 2 rings (SSSR count). The minimum atomic E-state index is -0.482. The standard InChI is InChI=1S/C15H17NO4/c1-19-15(18)14-7-6-13(20-14)10-16-12-4-2-11(3-5-12)8-9-17/h2-7,16-17H,8-10H2,1H3. The lowest BCUT2D eigenvalue weighted by Crippen LogP contribution is -2.00. The molecule has 0 saturated carbocycles. The van der Waals surface area contributed by atoms with E-state index in [0.717, 1.165) is 11.3 Å². The highest BCUT2D eigenvalue weighted by atomic mass is 16.5. The van der Waals surface area contributed by atoms with Crippen LogP contribution in [-0.2, 0) is 17.7 Å². The predicted octanol–water partition coefficient (Wildman–Crippen LogP) is 2.21. The van der Waals surface area contributed by atoms with E-state index in [1.165, 1.54) is 7.11 Å². The number of carbonyl (C=O) groups is 1. The maximum absolute atomic E-state index is 11.2. The first-order chi connectivity index (χ1) is 9.72. The van der Waals surface area contributed by atoms with Crippen molar-refractivity contribution in [1.29, 1.82) is 0 Å². The second-order valence-corrected chi connectivity index (χ2v) is 4.28. The van der Waals surface area contributed by atoms with Gasteiger partial charge in [0.2, 0.25) is 5.76 Å². The van der Waals surface area contributed by atoms with E-state index in [2.05, 4.69) is 10.1 Å². The summed E-state index contributed by atoms with van der Waals surface area (Å²) in [5.41, 5.74) is 2.03. The lowest BCUT2D eigenvalue weighted by atomic mass is 10.1. The van der Waals surface area contributed by atoms with Crippen LogP contribution in [0.1, 0.15) is 21.9 Å². The van der Waals surface area contributed by atoms with Gasteiger partial charge in [-0.2, -0.15) is 0 Å². The van der Waals surface area contributed by atoms with Crippen LogP contribution in [0.15, 0.2) is 40.8 Å². The maximum Gasteiger partial charge on any atom is 0.373 e. The number of nitrogens with one attached hydrogen (secondary N) is 1. The van der Waals surface area contributed by atoms with Gasteiger partial charge in [0.25, 0.3) is 0 Å². The molecule has 0 bridgehead atoms. The molecule has 0 aliphatic carbocycles. The summed E-state index contributed by atoms with van der Waals surface area (Å²) in [7, 11) is 1.32. The first kappa shape index (κ1) is 14.1. The molecule has 0 saturated heterocycles. The number of aliphatic hydroxyl groups is 1. The summed E-state index contributed by atoms with van der Waals surface area (Å²) in [6.07, 6.45) is 0.654. The van der Waals surface area contributed by atoms with E-state index < -0.39 is 5.97 Å². The molecule has 0 aliphatic rings. The highest BCUT2D eigenvalue weighted by molar-refractivity contribution is 5.86. The van der Waals surface area contributed by atoms with E-state index in [-0.39, 0.29) is 12.4 Å². The summed E-state index contributed by atoms with van der Waals surface area (Å²) in [6.45, 7) is 0.631. The minimum absolute atomic E-state index is 0.148. The fraction of sp³-hybridized carbons (Fsp3) is 0.267. The third kappa shape index (κ3) is 3.61. The Kier molecular flexibility index (Phi) is 4.79. The summed E-state index contributed by atoms with van der Waals surface area (Å²) in [5.74, 6) is 0.372. The number of anilines is 1. The van der Waals surface area contributed by atoms with Gasteiger partial charge in [0.05, 0.1) is 13.7 Å². The van der Waals surface area contributed by atoms with Crippen molar-refractivity contribution in [2.75, 3.05) is 19.0 Å². The van der Waals surface area contributed by atoms with Crippen LogP contribution in [0.25, 0.3) is 0 Å². The molecule has 2 aromatic rings. The van der Waals surface area contributed by atoms with Crippen LogP contribution in [0.4, 0.5) is 5.69 Å². The number of carbonyl (C=O) groups excluding carboxylic acids is 1.